The Hall–Kier alpha value is -1.55. The molecule has 1 aliphatic heterocycles. The Morgan fingerprint density at radius 1 is 1.04 bits per heavy atom. The maximum Gasteiger partial charge on any atom is 0.223 e. The maximum atomic E-state index is 11.3. The third kappa shape index (κ3) is 6.52. The van der Waals surface area contributed by atoms with Crippen molar-refractivity contribution in [2.45, 2.75) is 47.5 Å². The van der Waals surface area contributed by atoms with Gasteiger partial charge in [-0.05, 0) is 37.6 Å². The minimum atomic E-state index is 0.0272. The molecule has 0 saturated carbocycles. The molecule has 0 bridgehead atoms. The van der Waals surface area contributed by atoms with Crippen molar-refractivity contribution in [1.29, 1.82) is 0 Å². The van der Waals surface area contributed by atoms with Crippen LogP contribution in [0.5, 0.6) is 0 Å². The molecule has 132 valence electrons. The van der Waals surface area contributed by atoms with E-state index < -0.39 is 0 Å². The van der Waals surface area contributed by atoms with Crippen LogP contribution in [0.15, 0.2) is 29.8 Å². The largest absolute Gasteiger partial charge is 0.316 e. The second-order valence-corrected chi connectivity index (χ2v) is 5.45. The topological polar surface area (TPSA) is 23.6 Å². The molecular formula is C20H33BN2O. The van der Waals surface area contributed by atoms with Gasteiger partial charge in [0.05, 0.1) is 0 Å². The van der Waals surface area contributed by atoms with Crippen molar-refractivity contribution in [2.24, 2.45) is 0 Å². The molecule has 1 saturated heterocycles. The number of piperidine rings is 1. The third-order valence-corrected chi connectivity index (χ3v) is 4.01. The number of carbonyl (C=O) groups is 1. The minimum absolute atomic E-state index is 0.0272. The van der Waals surface area contributed by atoms with Crippen molar-refractivity contribution in [3.63, 3.8) is 0 Å². The van der Waals surface area contributed by atoms with Gasteiger partial charge in [0, 0.05) is 32.7 Å². The van der Waals surface area contributed by atoms with E-state index in [1.807, 2.05) is 52.0 Å². The number of hydrogen-bond acceptors (Lipinski definition) is 2. The highest BCUT2D eigenvalue weighted by Crippen LogP contribution is 2.25. The van der Waals surface area contributed by atoms with Crippen molar-refractivity contribution in [3.05, 3.63) is 35.4 Å². The van der Waals surface area contributed by atoms with Crippen LogP contribution in [0.2, 0.25) is 0 Å². The molecule has 3 nitrogen and oxygen atoms in total. The number of carbonyl (C=O) groups excluding carboxylic acids is 1. The number of anilines is 1. The average molecular weight is 328 g/mol. The van der Waals surface area contributed by atoms with E-state index in [4.69, 9.17) is 7.85 Å². The number of likely N-dealkylation sites (tertiary alicyclic amines) is 1. The molecule has 0 aromatic heterocycles. The van der Waals surface area contributed by atoms with Gasteiger partial charge in [-0.25, -0.2) is 0 Å². The minimum Gasteiger partial charge on any atom is -0.316 e. The first-order chi connectivity index (χ1) is 11.5. The van der Waals surface area contributed by atoms with Crippen LogP contribution in [0.25, 0.3) is 5.47 Å². The number of hydrogen-bond donors (Lipinski definition) is 0. The van der Waals surface area contributed by atoms with Crippen LogP contribution in [0, 0.1) is 0 Å². The van der Waals surface area contributed by atoms with Crippen LogP contribution in [0.3, 0.4) is 0 Å². The van der Waals surface area contributed by atoms with Crippen molar-refractivity contribution in [1.82, 2.24) is 4.90 Å². The van der Waals surface area contributed by atoms with E-state index in [2.05, 4.69) is 11.9 Å². The molecule has 1 fully saturated rings. The fraction of sp³-hybridized carbons (Fsp3) is 0.550. The molecule has 0 N–H and O–H groups in total. The third-order valence-electron chi connectivity index (χ3n) is 4.01. The molecule has 4 heteroatoms. The van der Waals surface area contributed by atoms with Gasteiger partial charge in [0.2, 0.25) is 5.91 Å². The zero-order valence-corrected chi connectivity index (χ0v) is 16.5. The van der Waals surface area contributed by atoms with Crippen LogP contribution < -0.4 is 4.90 Å². The SMILES string of the molecule is CC.CC.[B]C(=C1CCN(C)CC1)c1ccc(N(C)C(C)=O)cc1. The van der Waals surface area contributed by atoms with Gasteiger partial charge in [-0.2, -0.15) is 0 Å². The van der Waals surface area contributed by atoms with Gasteiger partial charge < -0.3 is 9.80 Å². The van der Waals surface area contributed by atoms with Crippen LogP contribution >= 0.6 is 0 Å². The smallest absolute Gasteiger partial charge is 0.223 e. The fourth-order valence-electron chi connectivity index (χ4n) is 2.41. The fourth-order valence-corrected chi connectivity index (χ4v) is 2.41. The first-order valence-corrected chi connectivity index (χ1v) is 9.00. The highest BCUT2D eigenvalue weighted by molar-refractivity contribution is 6.42. The Kier molecular flexibility index (Phi) is 11.1. The van der Waals surface area contributed by atoms with Crippen molar-refractivity contribution in [2.75, 3.05) is 32.1 Å². The number of nitrogens with zero attached hydrogens (tertiary/aromatic N) is 2. The van der Waals surface area contributed by atoms with E-state index in [-0.39, 0.29) is 5.91 Å². The molecule has 0 aliphatic carbocycles. The van der Waals surface area contributed by atoms with E-state index in [1.165, 1.54) is 5.57 Å². The lowest BCUT2D eigenvalue weighted by Crippen LogP contribution is -2.26. The zero-order valence-electron chi connectivity index (χ0n) is 16.5. The molecule has 0 unspecified atom stereocenters. The van der Waals surface area contributed by atoms with Crippen LogP contribution in [-0.2, 0) is 4.79 Å². The lowest BCUT2D eigenvalue weighted by molar-refractivity contribution is -0.116. The monoisotopic (exact) mass is 328 g/mol. The Morgan fingerprint density at radius 3 is 1.92 bits per heavy atom. The highest BCUT2D eigenvalue weighted by Gasteiger charge is 2.13. The maximum absolute atomic E-state index is 11.3. The number of rotatable bonds is 2. The molecule has 0 spiro atoms. The first kappa shape index (κ1) is 22.5. The summed E-state index contributed by atoms with van der Waals surface area (Å²) < 4.78 is 0. The van der Waals surface area contributed by atoms with Gasteiger partial charge in [-0.3, -0.25) is 4.79 Å². The summed E-state index contributed by atoms with van der Waals surface area (Å²) in [6.07, 6.45) is 2.08. The first-order valence-electron chi connectivity index (χ1n) is 9.00. The summed E-state index contributed by atoms with van der Waals surface area (Å²) in [6.45, 7) is 11.7. The van der Waals surface area contributed by atoms with E-state index in [0.717, 1.165) is 42.7 Å². The summed E-state index contributed by atoms with van der Waals surface area (Å²) in [5.41, 5.74) is 4.18. The molecule has 1 aromatic carbocycles. The lowest BCUT2D eigenvalue weighted by atomic mass is 9.81. The van der Waals surface area contributed by atoms with E-state index in [9.17, 15) is 4.79 Å². The van der Waals surface area contributed by atoms with Gasteiger partial charge >= 0.3 is 0 Å². The molecule has 1 heterocycles. The Bertz CT molecular complexity index is 513. The normalized spacial score (nSPS) is 13.9. The quantitative estimate of drug-likeness (QED) is 0.755. The molecule has 1 aromatic rings. The summed E-state index contributed by atoms with van der Waals surface area (Å²) in [4.78, 5) is 15.3. The summed E-state index contributed by atoms with van der Waals surface area (Å²) in [7, 11) is 10.2. The van der Waals surface area contributed by atoms with Crippen LogP contribution in [-0.4, -0.2) is 45.8 Å². The summed E-state index contributed by atoms with van der Waals surface area (Å²) in [5.74, 6) is 0.0272. The second kappa shape index (κ2) is 11.9. The lowest BCUT2D eigenvalue weighted by Gasteiger charge is -2.26. The van der Waals surface area contributed by atoms with E-state index in [0.29, 0.717) is 0 Å². The standard InChI is InChI=1S/C16H21BN2O.2C2H6/c1-12(20)19(3)15-6-4-13(5-7-15)16(17)14-8-10-18(2)11-9-14;2*1-2/h4-7H,8-11H2,1-3H3;2*1-2H3. The van der Waals surface area contributed by atoms with Gasteiger partial charge in [-0.1, -0.05) is 50.9 Å². The number of amides is 1. The summed E-state index contributed by atoms with van der Waals surface area (Å²) in [5, 5.41) is 0. The predicted octanol–water partition coefficient (Wildman–Crippen LogP) is 4.33. The Morgan fingerprint density at radius 2 is 1.50 bits per heavy atom. The van der Waals surface area contributed by atoms with Crippen LogP contribution in [0.4, 0.5) is 5.69 Å². The average Bonchev–Trinajstić information content (AvgIpc) is 2.64. The predicted molar refractivity (Wildman–Crippen MR) is 108 cm³/mol. The van der Waals surface area contributed by atoms with Crippen molar-refractivity contribution >= 4 is 24.9 Å². The molecule has 1 aliphatic rings. The van der Waals surface area contributed by atoms with Gasteiger partial charge in [-0.15, -0.1) is 0 Å². The van der Waals surface area contributed by atoms with Gasteiger partial charge in [0.1, 0.15) is 7.85 Å². The summed E-state index contributed by atoms with van der Waals surface area (Å²) >= 11 is 0. The molecular weight excluding hydrogens is 295 g/mol. The number of benzene rings is 1. The van der Waals surface area contributed by atoms with Gasteiger partial charge in [0.25, 0.3) is 0 Å². The zero-order chi connectivity index (χ0) is 18.7. The highest BCUT2D eigenvalue weighted by atomic mass is 16.2. The second-order valence-electron chi connectivity index (χ2n) is 5.45. The van der Waals surface area contributed by atoms with Gasteiger partial charge in [0.15, 0.2) is 0 Å². The molecule has 1 amide bonds. The molecule has 2 rings (SSSR count). The molecule has 24 heavy (non-hydrogen) atoms. The molecule has 2 radical (unpaired) electrons. The van der Waals surface area contributed by atoms with Crippen molar-refractivity contribution in [3.8, 4) is 0 Å². The Labute approximate surface area is 150 Å². The van der Waals surface area contributed by atoms with E-state index in [1.54, 1.807) is 18.9 Å². The molecule has 0 atom stereocenters. The van der Waals surface area contributed by atoms with Crippen LogP contribution in [0.1, 0.15) is 53.0 Å². The van der Waals surface area contributed by atoms with E-state index >= 15 is 0 Å². The Balaban J connectivity index is 0.00000123. The summed E-state index contributed by atoms with van der Waals surface area (Å²) in [6, 6.07) is 7.88. The van der Waals surface area contributed by atoms with Crippen molar-refractivity contribution < 1.29 is 4.79 Å².